The summed E-state index contributed by atoms with van der Waals surface area (Å²) in [4.78, 5) is 12.2. The minimum atomic E-state index is -0.498. The van der Waals surface area contributed by atoms with E-state index in [2.05, 4.69) is 0 Å². The van der Waals surface area contributed by atoms with Crippen LogP contribution in [0.3, 0.4) is 0 Å². The zero-order valence-electron chi connectivity index (χ0n) is 6.50. The van der Waals surface area contributed by atoms with Gasteiger partial charge >= 0.3 is 0 Å². The molecule has 0 spiro atoms. The van der Waals surface area contributed by atoms with Gasteiger partial charge in [0.25, 0.3) is 0 Å². The smallest absolute Gasteiger partial charge is 0.138 e. The quantitative estimate of drug-likeness (QED) is 0.391. The van der Waals surface area contributed by atoms with Crippen molar-refractivity contribution in [3.8, 4) is 0 Å². The first-order chi connectivity index (χ1) is 4.71. The second-order valence-electron chi connectivity index (χ2n) is 2.89. The second-order valence-corrected chi connectivity index (χ2v) is 2.89. The SMILES string of the molecule is [2H][C@@]1(C2CC2)[C@H](C=O)N1C. The molecule has 1 saturated carbocycles. The number of rotatable bonds is 2. The lowest BCUT2D eigenvalue weighted by Gasteiger charge is -1.85. The summed E-state index contributed by atoms with van der Waals surface area (Å²) in [5.74, 6) is 0.479. The number of hydrogen-bond donors (Lipinski definition) is 0. The predicted molar refractivity (Wildman–Crippen MR) is 34.1 cm³/mol. The lowest BCUT2D eigenvalue weighted by molar-refractivity contribution is -0.108. The molecule has 2 heteroatoms. The molecule has 2 aliphatic rings. The third kappa shape index (κ3) is 0.697. The Bertz CT molecular complexity index is 180. The van der Waals surface area contributed by atoms with Gasteiger partial charge in [-0.15, -0.1) is 0 Å². The molecule has 3 atom stereocenters. The van der Waals surface area contributed by atoms with Crippen LogP contribution in [-0.4, -0.2) is 30.3 Å². The summed E-state index contributed by atoms with van der Waals surface area (Å²) in [5.41, 5.74) is 0. The Morgan fingerprint density at radius 1 is 1.78 bits per heavy atom. The Balaban J connectivity index is 2.11. The number of likely N-dealkylation sites (N-methyl/N-ethyl adjacent to an activating group) is 1. The maximum absolute atomic E-state index is 10.4. The molecule has 0 aromatic carbocycles. The van der Waals surface area contributed by atoms with E-state index in [4.69, 9.17) is 1.37 Å². The highest BCUT2D eigenvalue weighted by Gasteiger charge is 2.52. The summed E-state index contributed by atoms with van der Waals surface area (Å²) < 4.78 is 7.82. The average Bonchev–Trinajstić information content (AvgIpc) is 2.73. The number of hydrogen-bond acceptors (Lipinski definition) is 2. The minimum Gasteiger partial charge on any atom is -0.302 e. The molecule has 2 rings (SSSR count). The van der Waals surface area contributed by atoms with Crippen LogP contribution in [0.5, 0.6) is 0 Å². The first-order valence-corrected chi connectivity index (χ1v) is 3.39. The first-order valence-electron chi connectivity index (χ1n) is 3.89. The van der Waals surface area contributed by atoms with Gasteiger partial charge in [0.05, 0.1) is 6.04 Å². The number of aldehydes is 1. The molecule has 0 amide bonds. The van der Waals surface area contributed by atoms with Gasteiger partial charge in [-0.3, -0.25) is 4.90 Å². The molecule has 0 radical (unpaired) electrons. The third-order valence-corrected chi connectivity index (χ3v) is 2.18. The highest BCUT2D eigenvalue weighted by molar-refractivity contribution is 5.64. The van der Waals surface area contributed by atoms with Crippen LogP contribution in [0, 0.1) is 5.92 Å². The highest BCUT2D eigenvalue weighted by atomic mass is 16.1. The van der Waals surface area contributed by atoms with Crippen LogP contribution in [-0.2, 0) is 4.79 Å². The van der Waals surface area contributed by atoms with Crippen LogP contribution in [0.2, 0.25) is 0 Å². The van der Waals surface area contributed by atoms with Gasteiger partial charge in [0.1, 0.15) is 6.29 Å². The third-order valence-electron chi connectivity index (χ3n) is 2.18. The van der Waals surface area contributed by atoms with Gasteiger partial charge < -0.3 is 4.79 Å². The number of carbonyl (C=O) groups excluding carboxylic acids is 1. The van der Waals surface area contributed by atoms with Crippen LogP contribution < -0.4 is 0 Å². The molecular formula is C7H11NO. The van der Waals surface area contributed by atoms with Crippen LogP contribution in [0.4, 0.5) is 0 Å². The molecule has 0 aromatic heterocycles. The topological polar surface area (TPSA) is 20.1 Å². The molecule has 0 N–H and O–H groups in total. The van der Waals surface area contributed by atoms with E-state index in [-0.39, 0.29) is 6.04 Å². The van der Waals surface area contributed by atoms with E-state index >= 15 is 0 Å². The summed E-state index contributed by atoms with van der Waals surface area (Å²) in [7, 11) is 1.85. The number of nitrogens with zero attached hydrogens (tertiary/aromatic N) is 1. The van der Waals surface area contributed by atoms with Gasteiger partial charge in [0, 0.05) is 7.39 Å². The van der Waals surface area contributed by atoms with Crippen molar-refractivity contribution in [1.29, 1.82) is 0 Å². The van der Waals surface area contributed by atoms with Crippen molar-refractivity contribution in [2.75, 3.05) is 7.05 Å². The van der Waals surface area contributed by atoms with E-state index in [0.29, 0.717) is 5.92 Å². The average molecular weight is 126 g/mol. The van der Waals surface area contributed by atoms with Gasteiger partial charge in [0.15, 0.2) is 0 Å². The fraction of sp³-hybridized carbons (Fsp3) is 0.857. The second kappa shape index (κ2) is 1.57. The molecule has 50 valence electrons. The molecule has 0 aromatic rings. The Labute approximate surface area is 56.2 Å². The molecule has 1 aliphatic carbocycles. The largest absolute Gasteiger partial charge is 0.302 e. The molecule has 9 heavy (non-hydrogen) atoms. The summed E-state index contributed by atoms with van der Waals surface area (Å²) in [6.07, 6.45) is 3.17. The van der Waals surface area contributed by atoms with E-state index in [1.165, 1.54) is 0 Å². The molecular weight excluding hydrogens is 114 g/mol. The Morgan fingerprint density at radius 2 is 2.44 bits per heavy atom. The molecule has 2 fully saturated rings. The van der Waals surface area contributed by atoms with Crippen molar-refractivity contribution in [1.82, 2.24) is 4.90 Å². The van der Waals surface area contributed by atoms with Crippen LogP contribution in [0.15, 0.2) is 0 Å². The zero-order chi connectivity index (χ0) is 7.35. The Morgan fingerprint density at radius 3 is 2.78 bits per heavy atom. The summed E-state index contributed by atoms with van der Waals surface area (Å²) >= 11 is 0. The molecule has 2 nitrogen and oxygen atoms in total. The van der Waals surface area contributed by atoms with Crippen molar-refractivity contribution in [3.05, 3.63) is 0 Å². The van der Waals surface area contributed by atoms with Crippen molar-refractivity contribution < 1.29 is 6.17 Å². The van der Waals surface area contributed by atoms with Crippen molar-refractivity contribution in [3.63, 3.8) is 0 Å². The van der Waals surface area contributed by atoms with Crippen molar-refractivity contribution >= 4 is 6.29 Å². The summed E-state index contributed by atoms with van der Waals surface area (Å²) in [5, 5.41) is 0. The maximum atomic E-state index is 10.4. The Kier molecular flexibility index (Phi) is 0.774. The predicted octanol–water partition coefficient (Wildman–Crippen LogP) is 0.278. The monoisotopic (exact) mass is 126 g/mol. The molecule has 1 unspecified atom stereocenters. The molecule has 1 saturated heterocycles. The molecule has 0 bridgehead atoms. The van der Waals surface area contributed by atoms with Gasteiger partial charge in [-0.2, -0.15) is 0 Å². The van der Waals surface area contributed by atoms with Gasteiger partial charge in [-0.1, -0.05) is 0 Å². The lowest BCUT2D eigenvalue weighted by atomic mass is 10.2. The van der Waals surface area contributed by atoms with E-state index in [1.807, 2.05) is 11.9 Å². The van der Waals surface area contributed by atoms with E-state index < -0.39 is 6.02 Å². The fourth-order valence-corrected chi connectivity index (χ4v) is 1.40. The van der Waals surface area contributed by atoms with Crippen molar-refractivity contribution in [2.24, 2.45) is 5.92 Å². The minimum absolute atomic E-state index is 0.111. The van der Waals surface area contributed by atoms with Gasteiger partial charge in [-0.25, -0.2) is 0 Å². The Hall–Kier alpha value is -0.370. The van der Waals surface area contributed by atoms with Crippen LogP contribution in [0.1, 0.15) is 14.2 Å². The maximum Gasteiger partial charge on any atom is 0.138 e. The van der Waals surface area contributed by atoms with Gasteiger partial charge in [0.2, 0.25) is 0 Å². The summed E-state index contributed by atoms with van der Waals surface area (Å²) in [6.45, 7) is 0. The molecule has 1 aliphatic heterocycles. The number of carbonyl (C=O) groups is 1. The standard InChI is InChI=1S/C7H11NO/c1-8-6(4-9)7(8)5-2-3-5/h4-7H,2-3H2,1H3/t6-,7+,8?/m0/s1/i7D. The van der Waals surface area contributed by atoms with Gasteiger partial charge in [-0.05, 0) is 25.8 Å². The van der Waals surface area contributed by atoms with E-state index in [1.54, 1.807) is 0 Å². The lowest BCUT2D eigenvalue weighted by Crippen LogP contribution is -1.95. The fourth-order valence-electron chi connectivity index (χ4n) is 1.40. The van der Waals surface area contributed by atoms with E-state index in [9.17, 15) is 4.79 Å². The first kappa shape index (κ1) is 4.45. The highest BCUT2D eigenvalue weighted by Crippen LogP contribution is 2.44. The van der Waals surface area contributed by atoms with Crippen LogP contribution >= 0.6 is 0 Å². The van der Waals surface area contributed by atoms with Crippen molar-refractivity contribution in [2.45, 2.75) is 24.9 Å². The van der Waals surface area contributed by atoms with Crippen LogP contribution in [0.25, 0.3) is 0 Å². The summed E-state index contributed by atoms with van der Waals surface area (Å²) in [6, 6.07) is -0.609. The van der Waals surface area contributed by atoms with E-state index in [0.717, 1.165) is 19.1 Å². The zero-order valence-corrected chi connectivity index (χ0v) is 5.50. The normalized spacial score (nSPS) is 58.6. The molecule has 1 heterocycles.